The van der Waals surface area contributed by atoms with Crippen molar-refractivity contribution in [1.82, 2.24) is 0 Å². The quantitative estimate of drug-likeness (QED) is 0.432. The second kappa shape index (κ2) is 7.82. The Kier molecular flexibility index (Phi) is 7.64. The molecule has 3 N–H and O–H groups in total. The Morgan fingerprint density at radius 3 is 2.06 bits per heavy atom. The summed E-state index contributed by atoms with van der Waals surface area (Å²) in [6.07, 6.45) is 5.86. The molecule has 0 aromatic rings. The fraction of sp³-hybridized carbons (Fsp3) is 0.900. The van der Waals surface area contributed by atoms with Crippen molar-refractivity contribution in [3.05, 3.63) is 0 Å². The molecule has 0 aromatic carbocycles. The summed E-state index contributed by atoms with van der Waals surface area (Å²) in [6.45, 7) is 2.11. The largest absolute Gasteiger partial charge is 0.481 e. The minimum atomic E-state index is -4.49. The van der Waals surface area contributed by atoms with Crippen LogP contribution >= 0.6 is 7.60 Å². The van der Waals surface area contributed by atoms with Gasteiger partial charge < -0.3 is 14.9 Å². The first kappa shape index (κ1) is 15.6. The first-order valence-corrected chi connectivity index (χ1v) is 7.35. The molecule has 0 aliphatic carbocycles. The van der Waals surface area contributed by atoms with Gasteiger partial charge in [0.25, 0.3) is 0 Å². The number of unbranched alkanes of at least 4 members (excludes halogenated alkanes) is 5. The fourth-order valence-corrected chi connectivity index (χ4v) is 2.36. The number of hydrogen-bond acceptors (Lipinski definition) is 2. The number of aliphatic carboxylic acids is 1. The van der Waals surface area contributed by atoms with Crippen LogP contribution in [0.25, 0.3) is 0 Å². The van der Waals surface area contributed by atoms with E-state index in [4.69, 9.17) is 14.9 Å². The van der Waals surface area contributed by atoms with E-state index in [0.29, 0.717) is 6.42 Å². The normalized spacial score (nSPS) is 13.7. The van der Waals surface area contributed by atoms with Crippen molar-refractivity contribution in [3.63, 3.8) is 0 Å². The lowest BCUT2D eigenvalue weighted by Crippen LogP contribution is -2.20. The molecule has 1 atom stereocenters. The van der Waals surface area contributed by atoms with E-state index in [0.717, 1.165) is 32.1 Å². The van der Waals surface area contributed by atoms with Gasteiger partial charge in [-0.05, 0) is 6.42 Å². The average Bonchev–Trinajstić information content (AvgIpc) is 2.13. The summed E-state index contributed by atoms with van der Waals surface area (Å²) in [5, 5.41) is 8.66. The molecular weight excluding hydrogens is 231 g/mol. The van der Waals surface area contributed by atoms with Gasteiger partial charge in [-0.15, -0.1) is 0 Å². The highest BCUT2D eigenvalue weighted by Crippen LogP contribution is 2.43. The third-order valence-corrected chi connectivity index (χ3v) is 3.81. The van der Waals surface area contributed by atoms with E-state index >= 15 is 0 Å². The van der Waals surface area contributed by atoms with Gasteiger partial charge in [-0.1, -0.05) is 45.4 Å². The summed E-state index contributed by atoms with van der Waals surface area (Å²) in [5.74, 6) is -1.40. The minimum Gasteiger partial charge on any atom is -0.481 e. The molecule has 0 bridgehead atoms. The lowest BCUT2D eigenvalue weighted by Gasteiger charge is -2.13. The van der Waals surface area contributed by atoms with Crippen LogP contribution in [0, 0.1) is 0 Å². The van der Waals surface area contributed by atoms with Crippen molar-refractivity contribution in [2.24, 2.45) is 0 Å². The monoisotopic (exact) mass is 252 g/mol. The Balaban J connectivity index is 3.79. The molecule has 0 aromatic heterocycles. The van der Waals surface area contributed by atoms with Crippen molar-refractivity contribution in [2.45, 2.75) is 57.5 Å². The van der Waals surface area contributed by atoms with E-state index in [2.05, 4.69) is 6.92 Å². The van der Waals surface area contributed by atoms with Crippen LogP contribution in [0.1, 0.15) is 51.9 Å². The Hall–Kier alpha value is -0.380. The van der Waals surface area contributed by atoms with E-state index in [1.807, 2.05) is 0 Å². The van der Waals surface area contributed by atoms with Crippen molar-refractivity contribution < 1.29 is 24.3 Å². The molecule has 0 fully saturated rings. The molecule has 0 aliphatic heterocycles. The molecule has 6 heteroatoms. The minimum absolute atomic E-state index is 0.0612. The zero-order valence-corrected chi connectivity index (χ0v) is 10.5. The molecule has 96 valence electrons. The Bertz CT molecular complexity index is 248. The van der Waals surface area contributed by atoms with Gasteiger partial charge in [0.2, 0.25) is 0 Å². The summed E-state index contributed by atoms with van der Waals surface area (Å²) in [7, 11) is -4.49. The Labute approximate surface area is 96.0 Å². The van der Waals surface area contributed by atoms with Gasteiger partial charge >= 0.3 is 13.6 Å². The predicted molar refractivity (Wildman–Crippen MR) is 61.5 cm³/mol. The molecule has 0 amide bonds. The number of carboxylic acids is 1. The number of hydrogen-bond donors (Lipinski definition) is 3. The SMILES string of the molecule is CCCCCCCCC(C(=O)O)P(=O)(O)O. The smallest absolute Gasteiger partial charge is 0.339 e. The third kappa shape index (κ3) is 6.99. The first-order chi connectivity index (χ1) is 7.39. The van der Waals surface area contributed by atoms with E-state index < -0.39 is 19.2 Å². The number of carboxylic acid groups (broad SMARTS) is 1. The number of rotatable bonds is 9. The summed E-state index contributed by atoms with van der Waals surface area (Å²) < 4.78 is 10.9. The molecular formula is C10H21O5P. The maximum atomic E-state index is 10.9. The second-order valence-electron chi connectivity index (χ2n) is 4.00. The summed E-state index contributed by atoms with van der Waals surface area (Å²) in [5.41, 5.74) is -1.53. The van der Waals surface area contributed by atoms with Gasteiger partial charge in [-0.2, -0.15) is 0 Å². The Morgan fingerprint density at radius 2 is 1.62 bits per heavy atom. The van der Waals surface area contributed by atoms with Gasteiger partial charge in [0.1, 0.15) is 0 Å². The fourth-order valence-electron chi connectivity index (χ4n) is 1.55. The molecule has 0 radical (unpaired) electrons. The first-order valence-electron chi connectivity index (χ1n) is 5.67. The van der Waals surface area contributed by atoms with Gasteiger partial charge in [0, 0.05) is 0 Å². The number of carbonyl (C=O) groups is 1. The molecule has 0 saturated carbocycles. The van der Waals surface area contributed by atoms with Crippen LogP contribution in [0.3, 0.4) is 0 Å². The van der Waals surface area contributed by atoms with Gasteiger partial charge in [0.05, 0.1) is 0 Å². The summed E-state index contributed by atoms with van der Waals surface area (Å²) in [6, 6.07) is 0. The maximum Gasteiger partial charge on any atom is 0.339 e. The van der Waals surface area contributed by atoms with Gasteiger partial charge in [0.15, 0.2) is 5.66 Å². The summed E-state index contributed by atoms with van der Waals surface area (Å²) in [4.78, 5) is 28.3. The zero-order valence-electron chi connectivity index (χ0n) is 9.63. The van der Waals surface area contributed by atoms with Crippen molar-refractivity contribution in [3.8, 4) is 0 Å². The van der Waals surface area contributed by atoms with Crippen LogP contribution in [0.5, 0.6) is 0 Å². The summed E-state index contributed by atoms with van der Waals surface area (Å²) >= 11 is 0. The van der Waals surface area contributed by atoms with Crippen LogP contribution in [0.15, 0.2) is 0 Å². The van der Waals surface area contributed by atoms with Crippen LogP contribution in [-0.2, 0) is 9.36 Å². The zero-order chi connectivity index (χ0) is 12.6. The van der Waals surface area contributed by atoms with Crippen LogP contribution in [-0.4, -0.2) is 26.5 Å². The highest BCUT2D eigenvalue weighted by Gasteiger charge is 2.34. The topological polar surface area (TPSA) is 94.8 Å². The average molecular weight is 252 g/mol. The van der Waals surface area contributed by atoms with E-state index in [1.165, 1.54) is 0 Å². The van der Waals surface area contributed by atoms with E-state index in [-0.39, 0.29) is 6.42 Å². The Morgan fingerprint density at radius 1 is 1.12 bits per heavy atom. The van der Waals surface area contributed by atoms with Gasteiger partial charge in [-0.25, -0.2) is 0 Å². The molecule has 1 unspecified atom stereocenters. The van der Waals surface area contributed by atoms with Crippen LogP contribution in [0.4, 0.5) is 0 Å². The van der Waals surface area contributed by atoms with Crippen molar-refractivity contribution >= 4 is 13.6 Å². The highest BCUT2D eigenvalue weighted by atomic mass is 31.2. The highest BCUT2D eigenvalue weighted by molar-refractivity contribution is 7.53. The molecule has 0 rings (SSSR count). The van der Waals surface area contributed by atoms with Crippen LogP contribution < -0.4 is 0 Å². The predicted octanol–water partition coefficient (Wildman–Crippen LogP) is 2.37. The van der Waals surface area contributed by atoms with E-state index in [1.54, 1.807) is 0 Å². The van der Waals surface area contributed by atoms with Crippen molar-refractivity contribution in [1.29, 1.82) is 0 Å². The molecule has 0 heterocycles. The maximum absolute atomic E-state index is 10.9. The standard InChI is InChI=1S/C10H21O5P/c1-2-3-4-5-6-7-8-9(10(11)12)16(13,14)15/h9H,2-8H2,1H3,(H,11,12)(H2,13,14,15). The molecule has 0 saturated heterocycles. The molecule has 0 spiro atoms. The molecule has 16 heavy (non-hydrogen) atoms. The third-order valence-electron chi connectivity index (χ3n) is 2.52. The molecule has 5 nitrogen and oxygen atoms in total. The second-order valence-corrected chi connectivity index (χ2v) is 5.80. The van der Waals surface area contributed by atoms with Crippen LogP contribution in [0.2, 0.25) is 0 Å². The van der Waals surface area contributed by atoms with Crippen molar-refractivity contribution in [2.75, 3.05) is 0 Å². The molecule has 0 aliphatic rings. The lowest BCUT2D eigenvalue weighted by atomic mass is 10.1. The lowest BCUT2D eigenvalue weighted by molar-refractivity contribution is -0.137. The van der Waals surface area contributed by atoms with Gasteiger partial charge in [-0.3, -0.25) is 9.36 Å². The van der Waals surface area contributed by atoms with E-state index in [9.17, 15) is 9.36 Å².